The second-order valence-corrected chi connectivity index (χ2v) is 4.25. The van der Waals surface area contributed by atoms with Crippen LogP contribution in [0.3, 0.4) is 0 Å². The minimum Gasteiger partial charge on any atom is -0.494 e. The van der Waals surface area contributed by atoms with Crippen molar-refractivity contribution in [2.75, 3.05) is 6.61 Å². The van der Waals surface area contributed by atoms with E-state index in [9.17, 15) is 5.11 Å². The first-order valence-electron chi connectivity index (χ1n) is 5.63. The molecule has 0 amide bonds. The lowest BCUT2D eigenvalue weighted by atomic mass is 10.1. The van der Waals surface area contributed by atoms with E-state index in [-0.39, 0.29) is 6.10 Å². The first kappa shape index (κ1) is 10.5. The summed E-state index contributed by atoms with van der Waals surface area (Å²) in [5, 5.41) is 9.44. The molecule has 2 nitrogen and oxygen atoms in total. The molecule has 0 heterocycles. The van der Waals surface area contributed by atoms with Crippen molar-refractivity contribution in [3.63, 3.8) is 0 Å². The second kappa shape index (κ2) is 4.23. The lowest BCUT2D eigenvalue weighted by molar-refractivity contribution is 0.169. The molecule has 82 valence electrons. The van der Waals surface area contributed by atoms with Crippen LogP contribution in [0.5, 0.6) is 5.75 Å². The second-order valence-electron chi connectivity index (χ2n) is 4.25. The Kier molecular flexibility index (Phi) is 2.96. The highest BCUT2D eigenvalue weighted by atomic mass is 16.5. The van der Waals surface area contributed by atoms with Crippen LogP contribution in [0.15, 0.2) is 24.3 Å². The summed E-state index contributed by atoms with van der Waals surface area (Å²) >= 11 is 0. The summed E-state index contributed by atoms with van der Waals surface area (Å²) in [6.07, 6.45) is 0.938. The van der Waals surface area contributed by atoms with Gasteiger partial charge < -0.3 is 9.84 Å². The number of rotatable bonds is 4. The van der Waals surface area contributed by atoms with Gasteiger partial charge in [-0.05, 0) is 49.8 Å². The average molecular weight is 206 g/mol. The first-order chi connectivity index (χ1) is 7.22. The van der Waals surface area contributed by atoms with Crippen LogP contribution in [0.1, 0.15) is 31.7 Å². The van der Waals surface area contributed by atoms with E-state index in [0.717, 1.165) is 12.2 Å². The fraction of sp³-hybridized carbons (Fsp3) is 0.538. The monoisotopic (exact) mass is 206 g/mol. The summed E-state index contributed by atoms with van der Waals surface area (Å²) in [6, 6.07) is 8.24. The predicted octanol–water partition coefficient (Wildman–Crippen LogP) is 2.57. The Balaban J connectivity index is 2.00. The van der Waals surface area contributed by atoms with E-state index >= 15 is 0 Å². The van der Waals surface area contributed by atoms with Crippen LogP contribution in [-0.2, 0) is 0 Å². The zero-order valence-corrected chi connectivity index (χ0v) is 9.31. The molecule has 3 atom stereocenters. The largest absolute Gasteiger partial charge is 0.494 e. The lowest BCUT2D eigenvalue weighted by Crippen LogP contribution is -2.03. The molecule has 0 aliphatic heterocycles. The van der Waals surface area contributed by atoms with Crippen LogP contribution in [0.25, 0.3) is 0 Å². The molecular formula is C13H18O2. The third-order valence-electron chi connectivity index (χ3n) is 3.08. The highest BCUT2D eigenvalue weighted by molar-refractivity contribution is 5.32. The minimum atomic E-state index is -0.179. The molecule has 1 saturated carbocycles. The van der Waals surface area contributed by atoms with Crippen molar-refractivity contribution < 1.29 is 9.84 Å². The van der Waals surface area contributed by atoms with Gasteiger partial charge in [0, 0.05) is 0 Å². The lowest BCUT2D eigenvalue weighted by Gasteiger charge is -2.05. The van der Waals surface area contributed by atoms with Crippen molar-refractivity contribution in [3.8, 4) is 5.75 Å². The molecule has 1 aromatic rings. The highest BCUT2D eigenvalue weighted by Crippen LogP contribution is 2.49. The summed E-state index contributed by atoms with van der Waals surface area (Å²) < 4.78 is 5.39. The molecule has 2 heteroatoms. The third-order valence-corrected chi connectivity index (χ3v) is 3.08. The first-order valence-corrected chi connectivity index (χ1v) is 5.63. The summed E-state index contributed by atoms with van der Waals surface area (Å²) in [4.78, 5) is 0. The number of hydrogen-bond donors (Lipinski definition) is 1. The van der Waals surface area contributed by atoms with Crippen molar-refractivity contribution in [2.24, 2.45) is 5.92 Å². The molecule has 0 bridgehead atoms. The van der Waals surface area contributed by atoms with Crippen molar-refractivity contribution >= 4 is 0 Å². The van der Waals surface area contributed by atoms with Crippen molar-refractivity contribution in [1.82, 2.24) is 0 Å². The Morgan fingerprint density at radius 3 is 2.53 bits per heavy atom. The fourth-order valence-electron chi connectivity index (χ4n) is 2.11. The molecular weight excluding hydrogens is 188 g/mol. The topological polar surface area (TPSA) is 29.5 Å². The van der Waals surface area contributed by atoms with Crippen LogP contribution >= 0.6 is 0 Å². The maximum atomic E-state index is 9.44. The summed E-state index contributed by atoms with van der Waals surface area (Å²) in [7, 11) is 0. The maximum absolute atomic E-state index is 9.44. The van der Waals surface area contributed by atoms with Gasteiger partial charge in [-0.1, -0.05) is 12.1 Å². The van der Waals surface area contributed by atoms with Crippen LogP contribution in [0.4, 0.5) is 0 Å². The Hall–Kier alpha value is -1.02. The SMILES string of the molecule is CCOc1ccc([C@@H]2C[C@@H]2[C@H](C)O)cc1. The van der Waals surface area contributed by atoms with Gasteiger partial charge in [-0.3, -0.25) is 0 Å². The maximum Gasteiger partial charge on any atom is 0.119 e. The number of hydrogen-bond acceptors (Lipinski definition) is 2. The Morgan fingerprint density at radius 2 is 2.07 bits per heavy atom. The predicted molar refractivity (Wildman–Crippen MR) is 60.1 cm³/mol. The Labute approximate surface area is 90.9 Å². The molecule has 1 aliphatic rings. The zero-order valence-electron chi connectivity index (χ0n) is 9.31. The molecule has 15 heavy (non-hydrogen) atoms. The van der Waals surface area contributed by atoms with Gasteiger partial charge in [0.05, 0.1) is 12.7 Å². The molecule has 0 saturated heterocycles. The van der Waals surface area contributed by atoms with E-state index in [1.165, 1.54) is 5.56 Å². The minimum absolute atomic E-state index is 0.179. The van der Waals surface area contributed by atoms with E-state index < -0.39 is 0 Å². The van der Waals surface area contributed by atoms with E-state index in [0.29, 0.717) is 18.4 Å². The number of ether oxygens (including phenoxy) is 1. The average Bonchev–Trinajstić information content (AvgIpc) is 2.99. The number of benzene rings is 1. The van der Waals surface area contributed by atoms with Crippen molar-refractivity contribution in [1.29, 1.82) is 0 Å². The molecule has 1 aliphatic carbocycles. The Bertz CT molecular complexity index is 316. The van der Waals surface area contributed by atoms with Gasteiger partial charge in [0.2, 0.25) is 0 Å². The van der Waals surface area contributed by atoms with E-state index in [1.807, 2.05) is 26.0 Å². The van der Waals surface area contributed by atoms with Gasteiger partial charge in [0.25, 0.3) is 0 Å². The van der Waals surface area contributed by atoms with E-state index in [1.54, 1.807) is 0 Å². The summed E-state index contributed by atoms with van der Waals surface area (Å²) in [5.74, 6) is 1.94. The van der Waals surface area contributed by atoms with Crippen LogP contribution < -0.4 is 4.74 Å². The smallest absolute Gasteiger partial charge is 0.119 e. The molecule has 1 aromatic carbocycles. The van der Waals surface area contributed by atoms with E-state index in [2.05, 4.69) is 12.1 Å². The third kappa shape index (κ3) is 2.32. The molecule has 1 N–H and O–H groups in total. The normalized spacial score (nSPS) is 26.1. The molecule has 0 unspecified atom stereocenters. The summed E-state index contributed by atoms with van der Waals surface area (Å²) in [6.45, 7) is 4.57. The van der Waals surface area contributed by atoms with Gasteiger partial charge in [-0.25, -0.2) is 0 Å². The molecule has 0 radical (unpaired) electrons. The van der Waals surface area contributed by atoms with Crippen molar-refractivity contribution in [3.05, 3.63) is 29.8 Å². The van der Waals surface area contributed by atoms with Gasteiger partial charge in [0.15, 0.2) is 0 Å². The van der Waals surface area contributed by atoms with Gasteiger partial charge >= 0.3 is 0 Å². The molecule has 0 spiro atoms. The van der Waals surface area contributed by atoms with Gasteiger partial charge in [0.1, 0.15) is 5.75 Å². The van der Waals surface area contributed by atoms with E-state index in [4.69, 9.17) is 4.74 Å². The Morgan fingerprint density at radius 1 is 1.40 bits per heavy atom. The van der Waals surface area contributed by atoms with Gasteiger partial charge in [-0.15, -0.1) is 0 Å². The fourth-order valence-corrected chi connectivity index (χ4v) is 2.11. The van der Waals surface area contributed by atoms with Crippen molar-refractivity contribution in [2.45, 2.75) is 32.3 Å². The quantitative estimate of drug-likeness (QED) is 0.820. The number of aliphatic hydroxyl groups excluding tert-OH is 1. The van der Waals surface area contributed by atoms with Crippen LogP contribution in [0, 0.1) is 5.92 Å². The molecule has 0 aromatic heterocycles. The number of aliphatic hydroxyl groups is 1. The standard InChI is InChI=1S/C13H18O2/c1-3-15-11-6-4-10(5-7-11)13-8-12(13)9(2)14/h4-7,9,12-14H,3,8H2,1-2H3/t9-,12+,13-/m0/s1. The zero-order chi connectivity index (χ0) is 10.8. The van der Waals surface area contributed by atoms with Gasteiger partial charge in [-0.2, -0.15) is 0 Å². The summed E-state index contributed by atoms with van der Waals surface area (Å²) in [5.41, 5.74) is 1.32. The van der Waals surface area contributed by atoms with Crippen LogP contribution in [0.2, 0.25) is 0 Å². The molecule has 2 rings (SSSR count). The highest BCUT2D eigenvalue weighted by Gasteiger charge is 2.41. The molecule has 1 fully saturated rings. The van der Waals surface area contributed by atoms with Crippen LogP contribution in [-0.4, -0.2) is 17.8 Å².